The van der Waals surface area contributed by atoms with Gasteiger partial charge in [0, 0.05) is 49.4 Å². The number of rotatable bonds is 4. The molecule has 4 aromatic heterocycles. The first kappa shape index (κ1) is 25.8. The highest BCUT2D eigenvalue weighted by Gasteiger charge is 2.26. The Hall–Kier alpha value is -6.46. The molecule has 0 spiro atoms. The number of benzene rings is 6. The molecule has 0 unspecified atom stereocenters. The van der Waals surface area contributed by atoms with E-state index in [9.17, 15) is 0 Å². The molecule has 10 rings (SSSR count). The van der Waals surface area contributed by atoms with E-state index in [-0.39, 0.29) is 0 Å². The lowest BCUT2D eigenvalue weighted by Gasteiger charge is -2.08. The number of oxazole rings is 1. The second-order valence-corrected chi connectivity index (χ2v) is 11.7. The molecule has 0 fully saturated rings. The molecule has 47 heavy (non-hydrogen) atoms. The molecule has 0 bridgehead atoms. The van der Waals surface area contributed by atoms with Crippen LogP contribution in [0.25, 0.3) is 100 Å². The van der Waals surface area contributed by atoms with Gasteiger partial charge in [0.15, 0.2) is 11.2 Å². The fourth-order valence-electron chi connectivity index (χ4n) is 6.76. The van der Waals surface area contributed by atoms with Gasteiger partial charge in [0.25, 0.3) is 0 Å². The fourth-order valence-corrected chi connectivity index (χ4v) is 6.76. The molecule has 4 heterocycles. The smallest absolute Gasteiger partial charge is 0.227 e. The summed E-state index contributed by atoms with van der Waals surface area (Å²) in [6.07, 6.45) is 0. The van der Waals surface area contributed by atoms with Crippen molar-refractivity contribution < 1.29 is 13.3 Å². The summed E-state index contributed by atoms with van der Waals surface area (Å²) >= 11 is 0. The normalized spacial score (nSPS) is 11.8. The molecule has 0 aliphatic carbocycles. The van der Waals surface area contributed by atoms with Crippen LogP contribution in [0.2, 0.25) is 0 Å². The SMILES string of the molecule is c1ccc(-c2nc3ccccc3c3c(-c4cccc5c4oc4ccccc45)c(-c4ccc(-c5nc6ccccc6o5)cc4)oc23)cc1. The van der Waals surface area contributed by atoms with Crippen molar-refractivity contribution in [3.63, 3.8) is 0 Å². The summed E-state index contributed by atoms with van der Waals surface area (Å²) in [5, 5.41) is 4.16. The molecule has 10 aromatic rings. The van der Waals surface area contributed by atoms with E-state index in [4.69, 9.17) is 23.2 Å². The Labute approximate surface area is 268 Å². The molecule has 5 heteroatoms. The molecule has 0 aliphatic rings. The maximum atomic E-state index is 7.01. The van der Waals surface area contributed by atoms with E-state index in [1.165, 1.54) is 0 Å². The summed E-state index contributed by atoms with van der Waals surface area (Å²) < 4.78 is 19.7. The van der Waals surface area contributed by atoms with Gasteiger partial charge >= 0.3 is 0 Å². The molecular formula is C42H24N2O3. The molecule has 0 N–H and O–H groups in total. The molecule has 0 saturated carbocycles. The molecule has 5 nitrogen and oxygen atoms in total. The van der Waals surface area contributed by atoms with E-state index >= 15 is 0 Å². The maximum Gasteiger partial charge on any atom is 0.227 e. The Bertz CT molecular complexity index is 2750. The number of pyridine rings is 1. The average molecular weight is 605 g/mol. The average Bonchev–Trinajstić information content (AvgIpc) is 3.86. The zero-order valence-corrected chi connectivity index (χ0v) is 25.0. The molecule has 0 amide bonds. The fraction of sp³-hybridized carbons (Fsp3) is 0. The lowest BCUT2D eigenvalue weighted by molar-refractivity contribution is 0.619. The van der Waals surface area contributed by atoms with Gasteiger partial charge in [0.1, 0.15) is 28.1 Å². The highest BCUT2D eigenvalue weighted by molar-refractivity contribution is 6.21. The van der Waals surface area contributed by atoms with E-state index in [2.05, 4.69) is 66.7 Å². The third-order valence-electron chi connectivity index (χ3n) is 8.94. The minimum Gasteiger partial charge on any atom is -0.455 e. The first-order valence-electron chi connectivity index (χ1n) is 15.6. The molecule has 0 atom stereocenters. The second kappa shape index (κ2) is 10.0. The van der Waals surface area contributed by atoms with Crippen molar-refractivity contribution in [2.45, 2.75) is 0 Å². The van der Waals surface area contributed by atoms with Gasteiger partial charge in [0.2, 0.25) is 5.89 Å². The Morgan fingerprint density at radius 2 is 1.09 bits per heavy atom. The molecule has 0 saturated heterocycles. The Kier molecular flexibility index (Phi) is 5.51. The van der Waals surface area contributed by atoms with Gasteiger partial charge in [-0.15, -0.1) is 0 Å². The van der Waals surface area contributed by atoms with Gasteiger partial charge < -0.3 is 13.3 Å². The summed E-state index contributed by atoms with van der Waals surface area (Å²) in [6.45, 7) is 0. The van der Waals surface area contributed by atoms with E-state index in [0.29, 0.717) is 5.89 Å². The summed E-state index contributed by atoms with van der Waals surface area (Å²) in [5.74, 6) is 1.32. The highest BCUT2D eigenvalue weighted by Crippen LogP contribution is 2.49. The van der Waals surface area contributed by atoms with Gasteiger partial charge in [-0.3, -0.25) is 0 Å². The van der Waals surface area contributed by atoms with Crippen LogP contribution >= 0.6 is 0 Å². The van der Waals surface area contributed by atoms with Crippen LogP contribution in [-0.4, -0.2) is 9.97 Å². The van der Waals surface area contributed by atoms with Crippen LogP contribution in [-0.2, 0) is 0 Å². The van der Waals surface area contributed by atoms with Crippen LogP contribution in [0.3, 0.4) is 0 Å². The van der Waals surface area contributed by atoms with Gasteiger partial charge in [-0.1, -0.05) is 109 Å². The predicted octanol–water partition coefficient (Wildman–Crippen LogP) is 11.7. The highest BCUT2D eigenvalue weighted by atomic mass is 16.4. The Morgan fingerprint density at radius 1 is 0.404 bits per heavy atom. The molecule has 6 aromatic carbocycles. The van der Waals surface area contributed by atoms with E-state index < -0.39 is 0 Å². The summed E-state index contributed by atoms with van der Waals surface area (Å²) in [5.41, 5.74) is 10.4. The Balaban J connectivity index is 1.29. The third-order valence-corrected chi connectivity index (χ3v) is 8.94. The number of aromatic nitrogens is 2. The number of nitrogens with zero attached hydrogens (tertiary/aromatic N) is 2. The second-order valence-electron chi connectivity index (χ2n) is 11.7. The van der Waals surface area contributed by atoms with Crippen molar-refractivity contribution in [1.29, 1.82) is 0 Å². The van der Waals surface area contributed by atoms with Crippen molar-refractivity contribution in [2.24, 2.45) is 0 Å². The third kappa shape index (κ3) is 3.97. The number of furan rings is 2. The van der Waals surface area contributed by atoms with Crippen LogP contribution in [0.15, 0.2) is 159 Å². The summed E-state index contributed by atoms with van der Waals surface area (Å²) in [7, 11) is 0. The molecular weight excluding hydrogens is 580 g/mol. The maximum absolute atomic E-state index is 7.01. The number of fused-ring (bicyclic) bond motifs is 7. The zero-order valence-electron chi connectivity index (χ0n) is 25.0. The van der Waals surface area contributed by atoms with Gasteiger partial charge in [-0.25, -0.2) is 9.97 Å². The minimum atomic E-state index is 0.580. The topological polar surface area (TPSA) is 65.2 Å². The van der Waals surface area contributed by atoms with Crippen molar-refractivity contribution in [3.8, 4) is 45.2 Å². The van der Waals surface area contributed by atoms with Crippen LogP contribution in [0, 0.1) is 0 Å². The van der Waals surface area contributed by atoms with Crippen molar-refractivity contribution in [1.82, 2.24) is 9.97 Å². The number of hydrogen-bond acceptors (Lipinski definition) is 5. The van der Waals surface area contributed by atoms with Gasteiger partial charge in [-0.05, 0) is 36.4 Å². The van der Waals surface area contributed by atoms with E-state index in [1.54, 1.807) is 0 Å². The molecule has 0 aliphatic heterocycles. The van der Waals surface area contributed by atoms with Gasteiger partial charge in [-0.2, -0.15) is 0 Å². The minimum absolute atomic E-state index is 0.580. The zero-order chi connectivity index (χ0) is 30.9. The van der Waals surface area contributed by atoms with Gasteiger partial charge in [0.05, 0.1) is 5.52 Å². The first-order chi connectivity index (χ1) is 23.3. The number of hydrogen-bond donors (Lipinski definition) is 0. The quantitative estimate of drug-likeness (QED) is 0.200. The summed E-state index contributed by atoms with van der Waals surface area (Å²) in [6, 6.07) is 49.0. The Morgan fingerprint density at radius 3 is 1.91 bits per heavy atom. The van der Waals surface area contributed by atoms with Crippen LogP contribution in [0.5, 0.6) is 0 Å². The van der Waals surface area contributed by atoms with Crippen molar-refractivity contribution in [2.75, 3.05) is 0 Å². The standard InChI is InChI=1S/C42H24N2O3/c1-2-11-25(12-3-1)38-41-36(30-14-4-6-17-32(30)43-38)37(31-16-10-15-29-28-13-5-8-19-34(28)45-40(29)31)39(47-41)26-21-23-27(24-22-26)42-44-33-18-7-9-20-35(33)46-42/h1-24H. The van der Waals surface area contributed by atoms with Crippen LogP contribution < -0.4 is 0 Å². The predicted molar refractivity (Wildman–Crippen MR) is 188 cm³/mol. The first-order valence-corrected chi connectivity index (χ1v) is 15.6. The monoisotopic (exact) mass is 604 g/mol. The van der Waals surface area contributed by atoms with E-state index in [0.717, 1.165) is 94.2 Å². The largest absolute Gasteiger partial charge is 0.455 e. The lowest BCUT2D eigenvalue weighted by Crippen LogP contribution is -1.88. The van der Waals surface area contributed by atoms with E-state index in [1.807, 2.05) is 78.9 Å². The molecule has 220 valence electrons. The summed E-state index contributed by atoms with van der Waals surface area (Å²) in [4.78, 5) is 9.86. The molecule has 0 radical (unpaired) electrons. The lowest BCUT2D eigenvalue weighted by atomic mass is 9.94. The van der Waals surface area contributed by atoms with Crippen LogP contribution in [0.1, 0.15) is 0 Å². The van der Waals surface area contributed by atoms with Crippen molar-refractivity contribution >= 4 is 54.9 Å². The van der Waals surface area contributed by atoms with Crippen LogP contribution in [0.4, 0.5) is 0 Å². The van der Waals surface area contributed by atoms with Crippen molar-refractivity contribution in [3.05, 3.63) is 146 Å². The number of para-hydroxylation sites is 5.